The van der Waals surface area contributed by atoms with Gasteiger partial charge in [0.15, 0.2) is 6.17 Å². The fourth-order valence-corrected chi connectivity index (χ4v) is 0.499. The van der Waals surface area contributed by atoms with Crippen LogP contribution >= 0.6 is 0 Å². The molecule has 1 unspecified atom stereocenters. The minimum Gasteiger partial charge on any atom is -0.461 e. The number of hydrogen-bond acceptors (Lipinski definition) is 2. The van der Waals surface area contributed by atoms with E-state index in [4.69, 9.17) is 0 Å². The molecular formula is C7H9F5O2. The molecule has 0 heterocycles. The third kappa shape index (κ3) is 3.89. The van der Waals surface area contributed by atoms with Gasteiger partial charge in [0, 0.05) is 6.42 Å². The van der Waals surface area contributed by atoms with Gasteiger partial charge in [0.2, 0.25) is 6.43 Å². The zero-order valence-corrected chi connectivity index (χ0v) is 7.28. The van der Waals surface area contributed by atoms with Crippen molar-refractivity contribution in [1.29, 1.82) is 0 Å². The van der Waals surface area contributed by atoms with E-state index < -0.39 is 37.5 Å². The Kier molecular flexibility index (Phi) is 4.79. The predicted molar refractivity (Wildman–Crippen MR) is 37.1 cm³/mol. The molecule has 84 valence electrons. The molecule has 2 nitrogen and oxygen atoms in total. The van der Waals surface area contributed by atoms with Crippen molar-refractivity contribution in [3.8, 4) is 0 Å². The van der Waals surface area contributed by atoms with E-state index in [1.807, 2.05) is 0 Å². The van der Waals surface area contributed by atoms with Crippen molar-refractivity contribution in [2.45, 2.75) is 31.9 Å². The first-order chi connectivity index (χ1) is 6.28. The lowest BCUT2D eigenvalue weighted by atomic mass is 10.2. The van der Waals surface area contributed by atoms with Gasteiger partial charge in [-0.3, -0.25) is 0 Å². The maximum absolute atomic E-state index is 12.4. The highest BCUT2D eigenvalue weighted by molar-refractivity contribution is 5.78. The zero-order valence-electron chi connectivity index (χ0n) is 7.28. The Morgan fingerprint density at radius 1 is 1.36 bits per heavy atom. The molecule has 14 heavy (non-hydrogen) atoms. The molecule has 0 amide bonds. The lowest BCUT2D eigenvalue weighted by molar-refractivity contribution is -0.181. The third-order valence-electron chi connectivity index (χ3n) is 1.34. The van der Waals surface area contributed by atoms with E-state index in [0.29, 0.717) is 6.92 Å². The monoisotopic (exact) mass is 220 g/mol. The van der Waals surface area contributed by atoms with Crippen LogP contribution in [0, 0.1) is 0 Å². The summed E-state index contributed by atoms with van der Waals surface area (Å²) in [6.07, 6.45) is -6.30. The second-order valence-corrected chi connectivity index (χ2v) is 2.55. The summed E-state index contributed by atoms with van der Waals surface area (Å²) in [5.41, 5.74) is 0. The molecule has 0 radical (unpaired) electrons. The fourth-order valence-electron chi connectivity index (χ4n) is 0.499. The number of rotatable bonds is 5. The minimum absolute atomic E-state index is 0.481. The highest BCUT2D eigenvalue weighted by atomic mass is 19.3. The molecule has 0 aliphatic rings. The highest BCUT2D eigenvalue weighted by Gasteiger charge is 2.47. The summed E-state index contributed by atoms with van der Waals surface area (Å²) < 4.78 is 63.7. The third-order valence-corrected chi connectivity index (χ3v) is 1.34. The molecule has 0 aromatic heterocycles. The van der Waals surface area contributed by atoms with Gasteiger partial charge in [-0.05, 0) is 6.92 Å². The first-order valence-corrected chi connectivity index (χ1v) is 3.75. The number of carbonyl (C=O) groups is 1. The Hall–Kier alpha value is -0.880. The standard InChI is InChI=1S/C7H9F5O2/c1-4(8)7(11,12)6(13)14-3-2-5(9)10/h4-5H,2-3H2,1H3. The van der Waals surface area contributed by atoms with Crippen molar-refractivity contribution < 1.29 is 31.5 Å². The molecule has 0 N–H and O–H groups in total. The van der Waals surface area contributed by atoms with Crippen LogP contribution in [-0.4, -0.2) is 31.1 Å². The molecule has 7 heteroatoms. The van der Waals surface area contributed by atoms with Gasteiger partial charge in [0.05, 0.1) is 6.61 Å². The molecule has 0 aromatic carbocycles. The Balaban J connectivity index is 3.96. The van der Waals surface area contributed by atoms with Crippen molar-refractivity contribution >= 4 is 5.97 Å². The Bertz CT molecular complexity index is 193. The van der Waals surface area contributed by atoms with Crippen LogP contribution in [0.1, 0.15) is 13.3 Å². The van der Waals surface area contributed by atoms with Crippen LogP contribution in [0.4, 0.5) is 22.0 Å². The molecule has 0 aliphatic heterocycles. The van der Waals surface area contributed by atoms with E-state index in [1.165, 1.54) is 0 Å². The topological polar surface area (TPSA) is 26.3 Å². The van der Waals surface area contributed by atoms with E-state index in [0.717, 1.165) is 0 Å². The van der Waals surface area contributed by atoms with Gasteiger partial charge < -0.3 is 4.74 Å². The normalized spacial score (nSPS) is 14.2. The fraction of sp³-hybridized carbons (Fsp3) is 0.857. The van der Waals surface area contributed by atoms with Crippen molar-refractivity contribution in [3.05, 3.63) is 0 Å². The second-order valence-electron chi connectivity index (χ2n) is 2.55. The quantitative estimate of drug-likeness (QED) is 0.524. The molecule has 0 aliphatic carbocycles. The van der Waals surface area contributed by atoms with Crippen molar-refractivity contribution in [1.82, 2.24) is 0 Å². The Labute approximate surface area is 77.0 Å². The van der Waals surface area contributed by atoms with Crippen molar-refractivity contribution in [2.24, 2.45) is 0 Å². The minimum atomic E-state index is -4.28. The summed E-state index contributed by atoms with van der Waals surface area (Å²) in [5.74, 6) is -6.39. The molecule has 0 rings (SSSR count). The van der Waals surface area contributed by atoms with Gasteiger partial charge >= 0.3 is 11.9 Å². The number of halogens is 5. The SMILES string of the molecule is CC(F)C(F)(F)C(=O)OCCC(F)F. The molecule has 0 aromatic rings. The molecule has 0 saturated heterocycles. The van der Waals surface area contributed by atoms with Crippen LogP contribution in [0.2, 0.25) is 0 Å². The van der Waals surface area contributed by atoms with E-state index >= 15 is 0 Å². The number of hydrogen-bond donors (Lipinski definition) is 0. The van der Waals surface area contributed by atoms with Crippen LogP contribution in [-0.2, 0) is 9.53 Å². The summed E-state index contributed by atoms with van der Waals surface area (Å²) in [5, 5.41) is 0. The predicted octanol–water partition coefficient (Wildman–Crippen LogP) is 2.18. The van der Waals surface area contributed by atoms with E-state index in [1.54, 1.807) is 0 Å². The largest absolute Gasteiger partial charge is 0.461 e. The van der Waals surface area contributed by atoms with E-state index in [9.17, 15) is 26.7 Å². The first-order valence-electron chi connectivity index (χ1n) is 3.75. The second kappa shape index (κ2) is 5.11. The molecular weight excluding hydrogens is 211 g/mol. The van der Waals surface area contributed by atoms with Gasteiger partial charge in [-0.25, -0.2) is 18.0 Å². The Morgan fingerprint density at radius 3 is 2.21 bits per heavy atom. The van der Waals surface area contributed by atoms with E-state index in [-0.39, 0.29) is 0 Å². The van der Waals surface area contributed by atoms with Crippen LogP contribution < -0.4 is 0 Å². The number of esters is 1. The molecule has 0 saturated carbocycles. The molecule has 1 atom stereocenters. The summed E-state index contributed by atoms with van der Waals surface area (Å²) in [6, 6.07) is 0. The van der Waals surface area contributed by atoms with Crippen LogP contribution in [0.3, 0.4) is 0 Å². The molecule has 0 spiro atoms. The lowest BCUT2D eigenvalue weighted by Crippen LogP contribution is -2.39. The summed E-state index contributed by atoms with van der Waals surface area (Å²) in [6.45, 7) is -0.368. The number of carbonyl (C=O) groups excluding carboxylic acids is 1. The van der Waals surface area contributed by atoms with Crippen LogP contribution in [0.5, 0.6) is 0 Å². The zero-order chi connectivity index (χ0) is 11.4. The van der Waals surface area contributed by atoms with Crippen LogP contribution in [0.25, 0.3) is 0 Å². The average molecular weight is 220 g/mol. The van der Waals surface area contributed by atoms with E-state index in [2.05, 4.69) is 4.74 Å². The first kappa shape index (κ1) is 13.1. The lowest BCUT2D eigenvalue weighted by Gasteiger charge is -2.15. The highest BCUT2D eigenvalue weighted by Crippen LogP contribution is 2.23. The van der Waals surface area contributed by atoms with Gasteiger partial charge in [-0.1, -0.05) is 0 Å². The summed E-state index contributed by atoms with van der Waals surface area (Å²) in [4.78, 5) is 10.4. The summed E-state index contributed by atoms with van der Waals surface area (Å²) >= 11 is 0. The van der Waals surface area contributed by atoms with Gasteiger partial charge in [0.25, 0.3) is 0 Å². The van der Waals surface area contributed by atoms with Crippen molar-refractivity contribution in [3.63, 3.8) is 0 Å². The van der Waals surface area contributed by atoms with Gasteiger partial charge in [-0.15, -0.1) is 0 Å². The Morgan fingerprint density at radius 2 is 1.86 bits per heavy atom. The average Bonchev–Trinajstić information content (AvgIpc) is 2.02. The maximum atomic E-state index is 12.4. The van der Waals surface area contributed by atoms with Crippen molar-refractivity contribution in [2.75, 3.05) is 6.61 Å². The smallest absolute Gasteiger partial charge is 0.380 e. The van der Waals surface area contributed by atoms with Gasteiger partial charge in [-0.2, -0.15) is 8.78 Å². The number of ether oxygens (including phenoxy) is 1. The maximum Gasteiger partial charge on any atom is 0.380 e. The van der Waals surface area contributed by atoms with Gasteiger partial charge in [0.1, 0.15) is 0 Å². The number of alkyl halides is 5. The summed E-state index contributed by atoms with van der Waals surface area (Å²) in [7, 11) is 0. The molecule has 0 fully saturated rings. The molecule has 0 bridgehead atoms. The van der Waals surface area contributed by atoms with Crippen LogP contribution in [0.15, 0.2) is 0 Å².